The normalized spacial score (nSPS) is 24.6. The van der Waals surface area contributed by atoms with E-state index in [9.17, 15) is 4.79 Å². The molecule has 0 saturated carbocycles. The van der Waals surface area contributed by atoms with E-state index in [4.69, 9.17) is 4.42 Å². The van der Waals surface area contributed by atoms with Crippen molar-refractivity contribution >= 4 is 5.91 Å². The largest absolute Gasteiger partial charge is 0.472 e. The van der Waals surface area contributed by atoms with Crippen LogP contribution in [0.4, 0.5) is 0 Å². The molecule has 2 aromatic heterocycles. The van der Waals surface area contributed by atoms with Gasteiger partial charge in [0, 0.05) is 38.9 Å². The van der Waals surface area contributed by atoms with Crippen molar-refractivity contribution in [2.45, 2.75) is 6.54 Å². The highest BCUT2D eigenvalue weighted by Crippen LogP contribution is 2.32. The number of carbonyl (C=O) groups excluding carboxylic acids is 1. The van der Waals surface area contributed by atoms with Crippen molar-refractivity contribution in [1.29, 1.82) is 0 Å². The lowest BCUT2D eigenvalue weighted by atomic mass is 10.0. The third-order valence-electron chi connectivity index (χ3n) is 4.73. The van der Waals surface area contributed by atoms with Crippen LogP contribution in [0.15, 0.2) is 47.4 Å². The minimum atomic E-state index is 0.0967. The zero-order valence-corrected chi connectivity index (χ0v) is 12.4. The number of fused-ring (bicyclic) bond motifs is 1. The summed E-state index contributed by atoms with van der Waals surface area (Å²) >= 11 is 0. The molecule has 2 atom stereocenters. The van der Waals surface area contributed by atoms with Gasteiger partial charge in [0.05, 0.1) is 17.5 Å². The highest BCUT2D eigenvalue weighted by molar-refractivity contribution is 5.94. The molecule has 0 bridgehead atoms. The molecule has 0 spiro atoms. The molecular weight excluding hydrogens is 278 g/mol. The van der Waals surface area contributed by atoms with Crippen LogP contribution in [-0.4, -0.2) is 46.9 Å². The number of carbonyl (C=O) groups is 1. The van der Waals surface area contributed by atoms with Gasteiger partial charge >= 0.3 is 0 Å². The Kier molecular flexibility index (Phi) is 3.42. The molecule has 1 amide bonds. The maximum Gasteiger partial charge on any atom is 0.257 e. The van der Waals surface area contributed by atoms with Crippen LogP contribution in [0.25, 0.3) is 0 Å². The topological polar surface area (TPSA) is 49.6 Å². The first kappa shape index (κ1) is 13.5. The zero-order valence-electron chi connectivity index (χ0n) is 12.4. The Labute approximate surface area is 129 Å². The molecule has 4 rings (SSSR count). The Morgan fingerprint density at radius 3 is 2.64 bits per heavy atom. The Morgan fingerprint density at radius 2 is 2.00 bits per heavy atom. The summed E-state index contributed by atoms with van der Waals surface area (Å²) in [5.41, 5.74) is 1.78. The average Bonchev–Trinajstić information content (AvgIpc) is 3.23. The van der Waals surface area contributed by atoms with E-state index in [1.165, 1.54) is 6.26 Å². The molecule has 2 unspecified atom stereocenters. The van der Waals surface area contributed by atoms with Crippen molar-refractivity contribution in [3.8, 4) is 0 Å². The molecule has 5 nitrogen and oxygen atoms in total. The monoisotopic (exact) mass is 297 g/mol. The quantitative estimate of drug-likeness (QED) is 0.868. The average molecular weight is 297 g/mol. The van der Waals surface area contributed by atoms with Gasteiger partial charge in [0.2, 0.25) is 0 Å². The van der Waals surface area contributed by atoms with Crippen molar-refractivity contribution in [1.82, 2.24) is 14.8 Å². The summed E-state index contributed by atoms with van der Waals surface area (Å²) in [5, 5.41) is 0. The van der Waals surface area contributed by atoms with Crippen molar-refractivity contribution in [3.05, 3.63) is 54.2 Å². The maximum absolute atomic E-state index is 12.4. The van der Waals surface area contributed by atoms with Crippen LogP contribution in [0, 0.1) is 11.8 Å². The van der Waals surface area contributed by atoms with Crippen LogP contribution < -0.4 is 0 Å². The lowest BCUT2D eigenvalue weighted by Gasteiger charge is -2.21. The van der Waals surface area contributed by atoms with Crippen LogP contribution in [0.1, 0.15) is 16.1 Å². The Bertz CT molecular complexity index is 627. The summed E-state index contributed by atoms with van der Waals surface area (Å²) < 4.78 is 5.01. The van der Waals surface area contributed by atoms with Gasteiger partial charge in [-0.15, -0.1) is 0 Å². The van der Waals surface area contributed by atoms with Gasteiger partial charge in [-0.3, -0.25) is 14.7 Å². The van der Waals surface area contributed by atoms with Gasteiger partial charge in [-0.05, 0) is 30.0 Å². The zero-order chi connectivity index (χ0) is 14.9. The number of amides is 1. The lowest BCUT2D eigenvalue weighted by Crippen LogP contribution is -2.33. The first-order valence-electron chi connectivity index (χ1n) is 7.73. The number of nitrogens with zero attached hydrogens (tertiary/aromatic N) is 3. The van der Waals surface area contributed by atoms with Gasteiger partial charge in [0.15, 0.2) is 0 Å². The van der Waals surface area contributed by atoms with Crippen molar-refractivity contribution in [2.75, 3.05) is 26.2 Å². The van der Waals surface area contributed by atoms with E-state index in [-0.39, 0.29) is 5.91 Å². The smallest absolute Gasteiger partial charge is 0.257 e. The first-order chi connectivity index (χ1) is 10.8. The highest BCUT2D eigenvalue weighted by Gasteiger charge is 2.41. The molecule has 22 heavy (non-hydrogen) atoms. The number of hydrogen-bond acceptors (Lipinski definition) is 4. The molecule has 2 saturated heterocycles. The van der Waals surface area contributed by atoms with Gasteiger partial charge in [-0.25, -0.2) is 0 Å². The predicted octanol–water partition coefficient (Wildman–Crippen LogP) is 1.88. The molecule has 0 N–H and O–H groups in total. The summed E-state index contributed by atoms with van der Waals surface area (Å²) in [6.45, 7) is 4.72. The SMILES string of the molecule is O=C(c1ccoc1)N1CC2CN(Cc3ccccn3)CC2C1. The van der Waals surface area contributed by atoms with E-state index in [1.54, 1.807) is 12.3 Å². The lowest BCUT2D eigenvalue weighted by molar-refractivity contribution is 0.0772. The molecule has 0 aromatic carbocycles. The Hall–Kier alpha value is -2.14. The van der Waals surface area contributed by atoms with Crippen molar-refractivity contribution in [3.63, 3.8) is 0 Å². The molecular formula is C17H19N3O2. The van der Waals surface area contributed by atoms with Gasteiger partial charge in [0.25, 0.3) is 5.91 Å². The van der Waals surface area contributed by atoms with Crippen LogP contribution in [0.5, 0.6) is 0 Å². The number of pyridine rings is 1. The number of likely N-dealkylation sites (tertiary alicyclic amines) is 2. The highest BCUT2D eigenvalue weighted by atomic mass is 16.3. The fourth-order valence-electron chi connectivity index (χ4n) is 3.67. The van der Waals surface area contributed by atoms with Crippen molar-refractivity contribution < 1.29 is 9.21 Å². The molecule has 0 aliphatic carbocycles. The minimum Gasteiger partial charge on any atom is -0.472 e. The molecule has 4 heterocycles. The predicted molar refractivity (Wildman–Crippen MR) is 81.1 cm³/mol. The number of rotatable bonds is 3. The third kappa shape index (κ3) is 2.52. The van der Waals surface area contributed by atoms with E-state index >= 15 is 0 Å². The number of aromatic nitrogens is 1. The number of furan rings is 1. The fourth-order valence-corrected chi connectivity index (χ4v) is 3.67. The van der Waals surface area contributed by atoms with Crippen LogP contribution in [-0.2, 0) is 6.54 Å². The van der Waals surface area contributed by atoms with Gasteiger partial charge in [-0.1, -0.05) is 6.07 Å². The van der Waals surface area contributed by atoms with Gasteiger partial charge < -0.3 is 9.32 Å². The van der Waals surface area contributed by atoms with Crippen LogP contribution in [0.2, 0.25) is 0 Å². The fraction of sp³-hybridized carbons (Fsp3) is 0.412. The van der Waals surface area contributed by atoms with Crippen LogP contribution >= 0.6 is 0 Å². The summed E-state index contributed by atoms with van der Waals surface area (Å²) in [7, 11) is 0. The van der Waals surface area contributed by atoms with Crippen molar-refractivity contribution in [2.24, 2.45) is 11.8 Å². The summed E-state index contributed by atoms with van der Waals surface area (Å²) in [4.78, 5) is 21.2. The second-order valence-electron chi connectivity index (χ2n) is 6.26. The Balaban J connectivity index is 1.36. The minimum absolute atomic E-state index is 0.0967. The van der Waals surface area contributed by atoms with Gasteiger partial charge in [0.1, 0.15) is 6.26 Å². The Morgan fingerprint density at radius 1 is 1.18 bits per heavy atom. The van der Waals surface area contributed by atoms with Gasteiger partial charge in [-0.2, -0.15) is 0 Å². The molecule has 114 valence electrons. The van der Waals surface area contributed by atoms with Crippen LogP contribution in [0.3, 0.4) is 0 Å². The standard InChI is InChI=1S/C17H19N3O2/c21-17(13-4-6-22-12-13)20-9-14-7-19(8-15(14)10-20)11-16-3-1-2-5-18-16/h1-6,12,14-15H,7-11H2. The first-order valence-corrected chi connectivity index (χ1v) is 7.73. The summed E-state index contributed by atoms with van der Waals surface area (Å²) in [6.07, 6.45) is 4.93. The summed E-state index contributed by atoms with van der Waals surface area (Å²) in [6, 6.07) is 7.79. The second kappa shape index (κ2) is 5.57. The van der Waals surface area contributed by atoms with E-state index in [0.717, 1.165) is 38.4 Å². The van der Waals surface area contributed by atoms with E-state index in [0.29, 0.717) is 17.4 Å². The molecule has 2 aliphatic heterocycles. The second-order valence-corrected chi connectivity index (χ2v) is 6.26. The molecule has 5 heteroatoms. The van der Waals surface area contributed by atoms with E-state index < -0.39 is 0 Å². The third-order valence-corrected chi connectivity index (χ3v) is 4.73. The molecule has 2 fully saturated rings. The van der Waals surface area contributed by atoms with E-state index in [1.807, 2.05) is 23.2 Å². The molecule has 2 aromatic rings. The maximum atomic E-state index is 12.4. The number of hydrogen-bond donors (Lipinski definition) is 0. The van der Waals surface area contributed by atoms with E-state index in [2.05, 4.69) is 16.0 Å². The molecule has 0 radical (unpaired) electrons. The molecule has 2 aliphatic rings. The summed E-state index contributed by atoms with van der Waals surface area (Å²) in [5.74, 6) is 1.26.